The largest absolute Gasteiger partial charge is 0.316 e. The predicted octanol–water partition coefficient (Wildman–Crippen LogP) is 3.67. The molecule has 0 aromatic heterocycles. The Hall–Kier alpha value is -1.31. The van der Waals surface area contributed by atoms with E-state index in [1.54, 1.807) is 11.1 Å². The van der Waals surface area contributed by atoms with Crippen LogP contribution in [0.25, 0.3) is 0 Å². The summed E-state index contributed by atoms with van der Waals surface area (Å²) >= 11 is 0. The summed E-state index contributed by atoms with van der Waals surface area (Å²) in [6.45, 7) is 8.25. The molecule has 2 nitrogen and oxygen atoms in total. The van der Waals surface area contributed by atoms with E-state index in [0.717, 1.165) is 19.3 Å². The Balaban J connectivity index is 3.76. The number of carbonyl (C=O) groups excluding carboxylic acids is 1. The van der Waals surface area contributed by atoms with Crippen LogP contribution < -0.4 is 0 Å². The van der Waals surface area contributed by atoms with E-state index < -0.39 is 0 Å². The van der Waals surface area contributed by atoms with Crippen LogP contribution in [0.5, 0.6) is 0 Å². The van der Waals surface area contributed by atoms with E-state index in [2.05, 4.69) is 31.7 Å². The van der Waals surface area contributed by atoms with E-state index in [4.69, 9.17) is 0 Å². The lowest BCUT2D eigenvalue weighted by atomic mass is 10.2. The molecule has 0 aromatic carbocycles. The van der Waals surface area contributed by atoms with Crippen molar-refractivity contribution in [1.29, 1.82) is 0 Å². The second kappa shape index (κ2) is 10.2. The summed E-state index contributed by atoms with van der Waals surface area (Å²) in [7, 11) is 0. The normalized spacial score (nSPS) is 11.1. The first-order valence-electron chi connectivity index (χ1n) is 5.98. The molecular formula is C14H23NO. The number of rotatable bonds is 8. The van der Waals surface area contributed by atoms with Gasteiger partial charge in [0.2, 0.25) is 5.91 Å². The molecule has 0 aliphatic carbocycles. The molecule has 0 atom stereocenters. The summed E-state index contributed by atoms with van der Waals surface area (Å²) in [5.41, 5.74) is 0. The van der Waals surface area contributed by atoms with Gasteiger partial charge in [-0.2, -0.15) is 0 Å². The Morgan fingerprint density at radius 2 is 1.75 bits per heavy atom. The van der Waals surface area contributed by atoms with Gasteiger partial charge in [-0.05, 0) is 25.5 Å². The molecule has 2 heteroatoms. The van der Waals surface area contributed by atoms with Crippen molar-refractivity contribution in [2.45, 2.75) is 39.5 Å². The van der Waals surface area contributed by atoms with E-state index in [0.29, 0.717) is 13.0 Å². The number of carbonyl (C=O) groups is 1. The van der Waals surface area contributed by atoms with Gasteiger partial charge < -0.3 is 4.90 Å². The molecule has 0 bridgehead atoms. The third-order valence-corrected chi connectivity index (χ3v) is 2.21. The van der Waals surface area contributed by atoms with Crippen LogP contribution in [-0.2, 0) is 4.79 Å². The Bertz CT molecular complexity index is 253. The highest BCUT2D eigenvalue weighted by molar-refractivity contribution is 5.76. The Morgan fingerprint density at radius 3 is 2.25 bits per heavy atom. The second-order valence-corrected chi connectivity index (χ2v) is 3.51. The quantitative estimate of drug-likeness (QED) is 0.452. The fourth-order valence-corrected chi connectivity index (χ4v) is 1.26. The van der Waals surface area contributed by atoms with Gasteiger partial charge in [0.05, 0.1) is 0 Å². The van der Waals surface area contributed by atoms with Gasteiger partial charge in [0.15, 0.2) is 0 Å². The molecule has 0 heterocycles. The van der Waals surface area contributed by atoms with Crippen LogP contribution in [0.3, 0.4) is 0 Å². The van der Waals surface area contributed by atoms with Crippen molar-refractivity contribution < 1.29 is 4.79 Å². The number of amides is 1. The van der Waals surface area contributed by atoms with Crippen LogP contribution in [0.15, 0.2) is 37.1 Å². The average molecular weight is 221 g/mol. The maximum atomic E-state index is 11.4. The summed E-state index contributed by atoms with van der Waals surface area (Å²) in [6, 6.07) is 0. The number of hydrogen-bond acceptors (Lipinski definition) is 1. The third kappa shape index (κ3) is 7.04. The van der Waals surface area contributed by atoms with Crippen molar-refractivity contribution in [3.8, 4) is 0 Å². The Morgan fingerprint density at radius 1 is 1.12 bits per heavy atom. The fraction of sp³-hybridized carbons (Fsp3) is 0.500. The minimum absolute atomic E-state index is 0.116. The molecule has 1 amide bonds. The van der Waals surface area contributed by atoms with E-state index in [-0.39, 0.29) is 5.91 Å². The Labute approximate surface area is 99.3 Å². The van der Waals surface area contributed by atoms with Crippen molar-refractivity contribution in [2.24, 2.45) is 0 Å². The van der Waals surface area contributed by atoms with Gasteiger partial charge in [0.1, 0.15) is 0 Å². The van der Waals surface area contributed by atoms with E-state index in [9.17, 15) is 4.79 Å². The number of hydrogen-bond donors (Lipinski definition) is 0. The molecule has 0 N–H and O–H groups in total. The van der Waals surface area contributed by atoms with Crippen LogP contribution in [0.1, 0.15) is 39.5 Å². The van der Waals surface area contributed by atoms with Gasteiger partial charge in [-0.25, -0.2) is 0 Å². The molecule has 0 unspecified atom stereocenters. The van der Waals surface area contributed by atoms with Crippen molar-refractivity contribution >= 4 is 5.91 Å². The van der Waals surface area contributed by atoms with Gasteiger partial charge in [0.25, 0.3) is 0 Å². The molecule has 16 heavy (non-hydrogen) atoms. The third-order valence-electron chi connectivity index (χ3n) is 2.21. The highest BCUT2D eigenvalue weighted by atomic mass is 16.2. The summed E-state index contributed by atoms with van der Waals surface area (Å²) in [5, 5.41) is 0. The fourth-order valence-electron chi connectivity index (χ4n) is 1.26. The van der Waals surface area contributed by atoms with E-state index in [1.165, 1.54) is 0 Å². The lowest BCUT2D eigenvalue weighted by molar-refractivity contribution is -0.127. The zero-order valence-electron chi connectivity index (χ0n) is 10.5. The monoisotopic (exact) mass is 221 g/mol. The average Bonchev–Trinajstić information content (AvgIpc) is 2.32. The van der Waals surface area contributed by atoms with Gasteiger partial charge in [-0.1, -0.05) is 44.7 Å². The molecular weight excluding hydrogens is 198 g/mol. The molecule has 0 rings (SSSR count). The molecule has 0 fully saturated rings. The standard InChI is InChI=1S/C14H23NO/c1-4-7-8-9-10-11-12-13-15(6-3)14(16)5-2/h6-8,11-12H,3-5,9-10,13H2,1-2H3/b8-7-,12-11-. The van der Waals surface area contributed by atoms with Crippen LogP contribution in [0, 0.1) is 0 Å². The van der Waals surface area contributed by atoms with Crippen LogP contribution in [0.2, 0.25) is 0 Å². The first-order chi connectivity index (χ1) is 7.76. The van der Waals surface area contributed by atoms with Crippen LogP contribution in [-0.4, -0.2) is 17.4 Å². The number of nitrogens with zero attached hydrogens (tertiary/aromatic N) is 1. The highest BCUT2D eigenvalue weighted by Crippen LogP contribution is 1.98. The molecule has 0 saturated carbocycles. The summed E-state index contributed by atoms with van der Waals surface area (Å²) in [6.07, 6.45) is 13.8. The Kier molecular flexibility index (Phi) is 9.38. The number of allylic oxidation sites excluding steroid dienone is 3. The van der Waals surface area contributed by atoms with Gasteiger partial charge in [-0.3, -0.25) is 4.79 Å². The molecule has 0 aliphatic rings. The topological polar surface area (TPSA) is 20.3 Å². The van der Waals surface area contributed by atoms with E-state index in [1.807, 2.05) is 13.0 Å². The minimum Gasteiger partial charge on any atom is -0.316 e. The van der Waals surface area contributed by atoms with E-state index >= 15 is 0 Å². The zero-order chi connectivity index (χ0) is 12.2. The maximum Gasteiger partial charge on any atom is 0.226 e. The molecule has 0 spiro atoms. The molecule has 0 aliphatic heterocycles. The predicted molar refractivity (Wildman–Crippen MR) is 70.0 cm³/mol. The highest BCUT2D eigenvalue weighted by Gasteiger charge is 2.03. The van der Waals surface area contributed by atoms with Gasteiger partial charge in [-0.15, -0.1) is 0 Å². The van der Waals surface area contributed by atoms with Crippen LogP contribution in [0.4, 0.5) is 0 Å². The summed E-state index contributed by atoms with van der Waals surface area (Å²) in [5.74, 6) is 0.116. The minimum atomic E-state index is 0.116. The molecule has 90 valence electrons. The molecule has 0 aromatic rings. The summed E-state index contributed by atoms with van der Waals surface area (Å²) in [4.78, 5) is 13.0. The van der Waals surface area contributed by atoms with Crippen molar-refractivity contribution in [3.05, 3.63) is 37.1 Å². The lowest BCUT2D eigenvalue weighted by Gasteiger charge is -2.14. The smallest absolute Gasteiger partial charge is 0.226 e. The van der Waals surface area contributed by atoms with Gasteiger partial charge >= 0.3 is 0 Å². The molecule has 0 saturated heterocycles. The summed E-state index contributed by atoms with van der Waals surface area (Å²) < 4.78 is 0. The van der Waals surface area contributed by atoms with Crippen molar-refractivity contribution in [2.75, 3.05) is 6.54 Å². The number of unbranched alkanes of at least 4 members (excludes halogenated alkanes) is 1. The van der Waals surface area contributed by atoms with Crippen LogP contribution >= 0.6 is 0 Å². The first kappa shape index (κ1) is 14.7. The van der Waals surface area contributed by atoms with Crippen molar-refractivity contribution in [3.63, 3.8) is 0 Å². The molecule has 0 radical (unpaired) electrons. The first-order valence-corrected chi connectivity index (χ1v) is 5.98. The van der Waals surface area contributed by atoms with Crippen molar-refractivity contribution in [1.82, 2.24) is 4.90 Å². The zero-order valence-corrected chi connectivity index (χ0v) is 10.5. The maximum absolute atomic E-state index is 11.4. The van der Waals surface area contributed by atoms with Gasteiger partial charge in [0, 0.05) is 13.0 Å². The second-order valence-electron chi connectivity index (χ2n) is 3.51. The lowest BCUT2D eigenvalue weighted by Crippen LogP contribution is -2.24. The SMILES string of the molecule is C=CN(C/C=C\CC/C=C\CC)C(=O)CC.